The van der Waals surface area contributed by atoms with E-state index in [9.17, 15) is 0 Å². The SMILES string of the molecule is NCC1(Nc2cccc(Br)c2)CCCOC1. The average Bonchev–Trinajstić information content (AvgIpc) is 2.30. The van der Waals surface area contributed by atoms with Crippen LogP contribution in [-0.2, 0) is 4.74 Å². The van der Waals surface area contributed by atoms with Gasteiger partial charge in [-0.25, -0.2) is 0 Å². The minimum atomic E-state index is -0.0982. The number of ether oxygens (including phenoxy) is 1. The normalized spacial score (nSPS) is 25.4. The fourth-order valence-electron chi connectivity index (χ4n) is 2.04. The molecule has 0 aliphatic carbocycles. The van der Waals surface area contributed by atoms with Crippen LogP contribution in [0.5, 0.6) is 0 Å². The van der Waals surface area contributed by atoms with Gasteiger partial charge < -0.3 is 15.8 Å². The molecule has 0 spiro atoms. The first-order valence-electron chi connectivity index (χ1n) is 5.56. The highest BCUT2D eigenvalue weighted by Gasteiger charge is 2.31. The molecular weight excluding hydrogens is 268 g/mol. The molecule has 88 valence electrons. The molecule has 16 heavy (non-hydrogen) atoms. The van der Waals surface area contributed by atoms with Crippen LogP contribution in [0.1, 0.15) is 12.8 Å². The summed E-state index contributed by atoms with van der Waals surface area (Å²) in [6.45, 7) is 2.14. The van der Waals surface area contributed by atoms with E-state index in [1.807, 2.05) is 12.1 Å². The molecule has 1 unspecified atom stereocenters. The van der Waals surface area contributed by atoms with E-state index >= 15 is 0 Å². The molecular formula is C12H17BrN2O. The molecule has 0 amide bonds. The van der Waals surface area contributed by atoms with Crippen LogP contribution in [0.25, 0.3) is 0 Å². The van der Waals surface area contributed by atoms with Crippen LogP contribution in [0.15, 0.2) is 28.7 Å². The molecule has 1 atom stereocenters. The maximum atomic E-state index is 5.87. The number of rotatable bonds is 3. The Labute approximate surface area is 104 Å². The van der Waals surface area contributed by atoms with Crippen molar-refractivity contribution in [1.82, 2.24) is 0 Å². The number of hydrogen-bond donors (Lipinski definition) is 2. The quantitative estimate of drug-likeness (QED) is 0.896. The number of anilines is 1. The molecule has 1 aromatic carbocycles. The summed E-state index contributed by atoms with van der Waals surface area (Å²) in [5.41, 5.74) is 6.86. The highest BCUT2D eigenvalue weighted by molar-refractivity contribution is 9.10. The Morgan fingerprint density at radius 3 is 3.00 bits per heavy atom. The molecule has 0 saturated carbocycles. The van der Waals surface area contributed by atoms with Crippen molar-refractivity contribution < 1.29 is 4.74 Å². The van der Waals surface area contributed by atoms with Crippen molar-refractivity contribution in [3.63, 3.8) is 0 Å². The summed E-state index contributed by atoms with van der Waals surface area (Å²) in [5, 5.41) is 3.50. The minimum Gasteiger partial charge on any atom is -0.379 e. The van der Waals surface area contributed by atoms with Gasteiger partial charge in [0.25, 0.3) is 0 Å². The zero-order chi connectivity index (χ0) is 11.4. The summed E-state index contributed by atoms with van der Waals surface area (Å²) in [4.78, 5) is 0. The lowest BCUT2D eigenvalue weighted by Crippen LogP contribution is -2.51. The van der Waals surface area contributed by atoms with Crippen LogP contribution in [-0.4, -0.2) is 25.3 Å². The number of benzene rings is 1. The second kappa shape index (κ2) is 5.17. The van der Waals surface area contributed by atoms with Crippen LogP contribution in [0.2, 0.25) is 0 Å². The van der Waals surface area contributed by atoms with Crippen molar-refractivity contribution in [3.8, 4) is 0 Å². The van der Waals surface area contributed by atoms with Crippen LogP contribution in [0.4, 0.5) is 5.69 Å². The molecule has 1 fully saturated rings. The highest BCUT2D eigenvalue weighted by Crippen LogP contribution is 2.25. The van der Waals surface area contributed by atoms with E-state index in [0.717, 1.165) is 29.6 Å². The second-order valence-corrected chi connectivity index (χ2v) is 5.19. The van der Waals surface area contributed by atoms with Crippen molar-refractivity contribution in [2.45, 2.75) is 18.4 Å². The van der Waals surface area contributed by atoms with E-state index in [-0.39, 0.29) is 5.54 Å². The number of halogens is 1. The molecule has 1 aliphatic rings. The van der Waals surface area contributed by atoms with E-state index in [0.29, 0.717) is 13.2 Å². The first-order chi connectivity index (χ1) is 7.74. The molecule has 4 heteroatoms. The zero-order valence-corrected chi connectivity index (χ0v) is 10.8. The van der Waals surface area contributed by atoms with Gasteiger partial charge in [0, 0.05) is 23.3 Å². The van der Waals surface area contributed by atoms with Gasteiger partial charge in [-0.1, -0.05) is 22.0 Å². The molecule has 1 heterocycles. The van der Waals surface area contributed by atoms with E-state index in [2.05, 4.69) is 33.4 Å². The number of nitrogens with two attached hydrogens (primary N) is 1. The van der Waals surface area contributed by atoms with E-state index in [1.165, 1.54) is 0 Å². The topological polar surface area (TPSA) is 47.3 Å². The van der Waals surface area contributed by atoms with Crippen LogP contribution in [0, 0.1) is 0 Å². The third-order valence-electron chi connectivity index (χ3n) is 2.95. The van der Waals surface area contributed by atoms with Gasteiger partial charge in [-0.05, 0) is 31.0 Å². The Bertz CT molecular complexity index is 351. The first kappa shape index (κ1) is 11.9. The molecule has 3 nitrogen and oxygen atoms in total. The minimum absolute atomic E-state index is 0.0982. The molecule has 1 aromatic rings. The smallest absolute Gasteiger partial charge is 0.0729 e. The molecule has 0 radical (unpaired) electrons. The molecule has 1 aliphatic heterocycles. The Kier molecular flexibility index (Phi) is 3.84. The lowest BCUT2D eigenvalue weighted by Gasteiger charge is -2.37. The van der Waals surface area contributed by atoms with Crippen molar-refractivity contribution in [2.75, 3.05) is 25.1 Å². The number of hydrogen-bond acceptors (Lipinski definition) is 3. The van der Waals surface area contributed by atoms with Crippen LogP contribution >= 0.6 is 15.9 Å². The van der Waals surface area contributed by atoms with E-state index in [4.69, 9.17) is 10.5 Å². The Balaban J connectivity index is 2.11. The molecule has 2 rings (SSSR count). The van der Waals surface area contributed by atoms with Crippen LogP contribution in [0.3, 0.4) is 0 Å². The highest BCUT2D eigenvalue weighted by atomic mass is 79.9. The summed E-state index contributed by atoms with van der Waals surface area (Å²) in [6.07, 6.45) is 2.13. The standard InChI is InChI=1S/C12H17BrN2O/c13-10-3-1-4-11(7-10)15-12(8-14)5-2-6-16-9-12/h1,3-4,7,15H,2,5-6,8-9,14H2. The van der Waals surface area contributed by atoms with Gasteiger partial charge in [-0.15, -0.1) is 0 Å². The summed E-state index contributed by atoms with van der Waals surface area (Å²) < 4.78 is 6.60. The Hall–Kier alpha value is -0.580. The van der Waals surface area contributed by atoms with Crippen molar-refractivity contribution in [2.24, 2.45) is 5.73 Å². The van der Waals surface area contributed by atoms with Gasteiger partial charge in [0.2, 0.25) is 0 Å². The van der Waals surface area contributed by atoms with Gasteiger partial charge in [-0.2, -0.15) is 0 Å². The average molecular weight is 285 g/mol. The third-order valence-corrected chi connectivity index (χ3v) is 3.44. The lowest BCUT2D eigenvalue weighted by molar-refractivity contribution is 0.0502. The predicted octanol–water partition coefficient (Wildman–Crippen LogP) is 2.37. The van der Waals surface area contributed by atoms with E-state index in [1.54, 1.807) is 0 Å². The lowest BCUT2D eigenvalue weighted by atomic mass is 9.92. The summed E-state index contributed by atoms with van der Waals surface area (Å²) in [7, 11) is 0. The van der Waals surface area contributed by atoms with Gasteiger partial charge in [-0.3, -0.25) is 0 Å². The molecule has 0 aromatic heterocycles. The fraction of sp³-hybridized carbons (Fsp3) is 0.500. The van der Waals surface area contributed by atoms with E-state index < -0.39 is 0 Å². The van der Waals surface area contributed by atoms with Crippen molar-refractivity contribution in [3.05, 3.63) is 28.7 Å². The summed E-state index contributed by atoms with van der Waals surface area (Å²) in [6, 6.07) is 8.14. The zero-order valence-electron chi connectivity index (χ0n) is 9.21. The number of nitrogens with one attached hydrogen (secondary N) is 1. The maximum absolute atomic E-state index is 5.87. The Morgan fingerprint density at radius 1 is 1.50 bits per heavy atom. The molecule has 3 N–H and O–H groups in total. The van der Waals surface area contributed by atoms with Gasteiger partial charge >= 0.3 is 0 Å². The summed E-state index contributed by atoms with van der Waals surface area (Å²) >= 11 is 3.46. The van der Waals surface area contributed by atoms with Gasteiger partial charge in [0.1, 0.15) is 0 Å². The third kappa shape index (κ3) is 2.75. The molecule has 1 saturated heterocycles. The summed E-state index contributed by atoms with van der Waals surface area (Å²) in [5.74, 6) is 0. The first-order valence-corrected chi connectivity index (χ1v) is 6.35. The van der Waals surface area contributed by atoms with Crippen LogP contribution < -0.4 is 11.1 Å². The molecule has 0 bridgehead atoms. The largest absolute Gasteiger partial charge is 0.379 e. The van der Waals surface area contributed by atoms with Gasteiger partial charge in [0.05, 0.1) is 12.1 Å². The fourth-order valence-corrected chi connectivity index (χ4v) is 2.43. The maximum Gasteiger partial charge on any atom is 0.0729 e. The second-order valence-electron chi connectivity index (χ2n) is 4.28. The van der Waals surface area contributed by atoms with Crippen molar-refractivity contribution in [1.29, 1.82) is 0 Å². The van der Waals surface area contributed by atoms with Gasteiger partial charge in [0.15, 0.2) is 0 Å². The Morgan fingerprint density at radius 2 is 2.38 bits per heavy atom. The monoisotopic (exact) mass is 284 g/mol. The van der Waals surface area contributed by atoms with Crippen molar-refractivity contribution >= 4 is 21.6 Å². The predicted molar refractivity (Wildman–Crippen MR) is 69.6 cm³/mol.